The lowest BCUT2D eigenvalue weighted by Crippen LogP contribution is -2.63. The Labute approximate surface area is 124 Å². The fourth-order valence-corrected chi connectivity index (χ4v) is 3.74. The molecule has 0 bridgehead atoms. The Hall–Kier alpha value is -1.65. The van der Waals surface area contributed by atoms with Crippen LogP contribution in [-0.2, 0) is 9.59 Å². The van der Waals surface area contributed by atoms with Crippen LogP contribution in [0.1, 0.15) is 57.8 Å². The molecule has 2 fully saturated rings. The summed E-state index contributed by atoms with van der Waals surface area (Å²) in [6, 6.07) is -0.543. The molecule has 0 aromatic heterocycles. The van der Waals surface area contributed by atoms with Gasteiger partial charge in [0, 0.05) is 6.54 Å². The molecule has 0 atom stereocenters. The summed E-state index contributed by atoms with van der Waals surface area (Å²) in [5, 5.41) is 2.39. The van der Waals surface area contributed by atoms with Crippen molar-refractivity contribution in [2.75, 3.05) is 6.54 Å². The Morgan fingerprint density at radius 2 is 1.86 bits per heavy atom. The number of hydrogen-bond donors (Lipinski definition) is 1. The number of carbonyl (C=O) groups is 3. The molecule has 1 aliphatic heterocycles. The first-order valence-electron chi connectivity index (χ1n) is 7.99. The van der Waals surface area contributed by atoms with Gasteiger partial charge in [0.15, 0.2) is 0 Å². The number of rotatable bonds is 3. The standard InChI is InChI=1S/C16H22N2O3/c19-13-16(9-4-5-10-16)14(20)18(15(21)17-13)11-8-12-6-2-1-3-7-12/h6H,1-5,7-11H2,(H,17,19,21). The molecule has 1 saturated carbocycles. The quantitative estimate of drug-likeness (QED) is 0.641. The lowest BCUT2D eigenvalue weighted by Gasteiger charge is -2.37. The maximum absolute atomic E-state index is 12.7. The molecule has 21 heavy (non-hydrogen) atoms. The molecular weight excluding hydrogens is 268 g/mol. The topological polar surface area (TPSA) is 66.5 Å². The predicted octanol–water partition coefficient (Wildman–Crippen LogP) is 2.52. The third-order valence-electron chi connectivity index (χ3n) is 5.05. The number of barbiturate groups is 1. The molecule has 5 nitrogen and oxygen atoms in total. The molecule has 2 aliphatic carbocycles. The van der Waals surface area contributed by atoms with Gasteiger partial charge < -0.3 is 0 Å². The van der Waals surface area contributed by atoms with E-state index in [0.29, 0.717) is 19.4 Å². The summed E-state index contributed by atoms with van der Waals surface area (Å²) in [5.41, 5.74) is 0.369. The highest BCUT2D eigenvalue weighted by Crippen LogP contribution is 2.41. The number of allylic oxidation sites excluding steroid dienone is 1. The zero-order chi connectivity index (χ0) is 14.9. The van der Waals surface area contributed by atoms with Crippen LogP contribution in [0.4, 0.5) is 4.79 Å². The van der Waals surface area contributed by atoms with Gasteiger partial charge in [0.05, 0.1) is 0 Å². The Bertz CT molecular complexity index is 504. The van der Waals surface area contributed by atoms with Crippen LogP contribution in [0, 0.1) is 5.41 Å². The van der Waals surface area contributed by atoms with E-state index in [0.717, 1.165) is 32.1 Å². The van der Waals surface area contributed by atoms with Gasteiger partial charge in [0.1, 0.15) is 5.41 Å². The van der Waals surface area contributed by atoms with Crippen molar-refractivity contribution in [1.82, 2.24) is 10.2 Å². The van der Waals surface area contributed by atoms with Crippen LogP contribution in [-0.4, -0.2) is 29.3 Å². The summed E-state index contributed by atoms with van der Waals surface area (Å²) in [4.78, 5) is 38.0. The molecule has 114 valence electrons. The van der Waals surface area contributed by atoms with Gasteiger partial charge in [-0.3, -0.25) is 19.8 Å². The molecule has 1 saturated heterocycles. The lowest BCUT2D eigenvalue weighted by atomic mass is 9.82. The number of urea groups is 1. The maximum Gasteiger partial charge on any atom is 0.330 e. The van der Waals surface area contributed by atoms with E-state index in [2.05, 4.69) is 11.4 Å². The van der Waals surface area contributed by atoms with Crippen LogP contribution in [0.25, 0.3) is 0 Å². The van der Waals surface area contributed by atoms with Gasteiger partial charge in [-0.2, -0.15) is 0 Å². The summed E-state index contributed by atoms with van der Waals surface area (Å²) >= 11 is 0. The molecule has 0 aromatic rings. The summed E-state index contributed by atoms with van der Waals surface area (Å²) in [6.07, 6.45) is 10.5. The Kier molecular flexibility index (Phi) is 3.83. The molecule has 0 aromatic carbocycles. The first-order chi connectivity index (χ1) is 10.1. The summed E-state index contributed by atoms with van der Waals surface area (Å²) in [7, 11) is 0. The highest BCUT2D eigenvalue weighted by atomic mass is 16.2. The second-order valence-corrected chi connectivity index (χ2v) is 6.36. The first kappa shape index (κ1) is 14.3. The summed E-state index contributed by atoms with van der Waals surface area (Å²) in [5.74, 6) is -0.659. The van der Waals surface area contributed by atoms with Crippen molar-refractivity contribution in [2.45, 2.75) is 57.8 Å². The smallest absolute Gasteiger partial charge is 0.277 e. The molecular formula is C16H22N2O3. The Morgan fingerprint density at radius 1 is 1.10 bits per heavy atom. The third kappa shape index (κ3) is 2.49. The number of nitrogens with zero attached hydrogens (tertiary/aromatic N) is 1. The monoisotopic (exact) mass is 290 g/mol. The SMILES string of the molecule is O=C1NC(=O)C2(CCCC2)C(=O)N1CCC1=CCCCC1. The van der Waals surface area contributed by atoms with Crippen molar-refractivity contribution >= 4 is 17.8 Å². The maximum atomic E-state index is 12.7. The zero-order valence-corrected chi connectivity index (χ0v) is 12.3. The van der Waals surface area contributed by atoms with E-state index in [1.165, 1.54) is 23.3 Å². The summed E-state index contributed by atoms with van der Waals surface area (Å²) < 4.78 is 0. The van der Waals surface area contributed by atoms with Crippen molar-refractivity contribution < 1.29 is 14.4 Å². The number of hydrogen-bond acceptors (Lipinski definition) is 3. The molecule has 1 spiro atoms. The highest BCUT2D eigenvalue weighted by molar-refractivity contribution is 6.19. The number of carbonyl (C=O) groups excluding carboxylic acids is 3. The summed E-state index contributed by atoms with van der Waals surface area (Å²) in [6.45, 7) is 0.394. The number of imide groups is 2. The zero-order valence-electron chi connectivity index (χ0n) is 12.3. The Balaban J connectivity index is 1.71. The largest absolute Gasteiger partial charge is 0.330 e. The second kappa shape index (κ2) is 5.62. The van der Waals surface area contributed by atoms with Crippen LogP contribution in [0.2, 0.25) is 0 Å². The van der Waals surface area contributed by atoms with Crippen molar-refractivity contribution in [3.05, 3.63) is 11.6 Å². The fourth-order valence-electron chi connectivity index (χ4n) is 3.74. The second-order valence-electron chi connectivity index (χ2n) is 6.36. The predicted molar refractivity (Wildman–Crippen MR) is 77.3 cm³/mol. The minimum atomic E-state index is -0.963. The molecule has 0 unspecified atom stereocenters. The van der Waals surface area contributed by atoms with E-state index < -0.39 is 11.4 Å². The van der Waals surface area contributed by atoms with Crippen molar-refractivity contribution in [3.63, 3.8) is 0 Å². The van der Waals surface area contributed by atoms with Gasteiger partial charge >= 0.3 is 6.03 Å². The van der Waals surface area contributed by atoms with Crippen LogP contribution >= 0.6 is 0 Å². The van der Waals surface area contributed by atoms with Gasteiger partial charge in [0.2, 0.25) is 11.8 Å². The molecule has 1 heterocycles. The van der Waals surface area contributed by atoms with E-state index in [9.17, 15) is 14.4 Å². The van der Waals surface area contributed by atoms with Gasteiger partial charge in [-0.25, -0.2) is 4.79 Å². The fraction of sp³-hybridized carbons (Fsp3) is 0.688. The van der Waals surface area contributed by atoms with Crippen LogP contribution in [0.15, 0.2) is 11.6 Å². The molecule has 0 radical (unpaired) electrons. The molecule has 3 rings (SSSR count). The average Bonchev–Trinajstić information content (AvgIpc) is 2.97. The van der Waals surface area contributed by atoms with Gasteiger partial charge in [-0.1, -0.05) is 24.5 Å². The number of nitrogens with one attached hydrogen (secondary N) is 1. The first-order valence-corrected chi connectivity index (χ1v) is 7.99. The normalized spacial score (nSPS) is 25.2. The van der Waals surface area contributed by atoms with E-state index in [1.807, 2.05) is 0 Å². The van der Waals surface area contributed by atoms with E-state index >= 15 is 0 Å². The minimum Gasteiger partial charge on any atom is -0.277 e. The molecule has 1 N–H and O–H groups in total. The van der Waals surface area contributed by atoms with Crippen molar-refractivity contribution in [2.24, 2.45) is 5.41 Å². The van der Waals surface area contributed by atoms with Crippen molar-refractivity contribution in [3.8, 4) is 0 Å². The van der Waals surface area contributed by atoms with Crippen LogP contribution in [0.3, 0.4) is 0 Å². The highest BCUT2D eigenvalue weighted by Gasteiger charge is 2.54. The minimum absolute atomic E-state index is 0.273. The van der Waals surface area contributed by atoms with E-state index in [1.54, 1.807) is 0 Å². The average molecular weight is 290 g/mol. The molecule has 5 heteroatoms. The molecule has 3 aliphatic rings. The van der Waals surface area contributed by atoms with Gasteiger partial charge in [0.25, 0.3) is 0 Å². The lowest BCUT2D eigenvalue weighted by molar-refractivity contribution is -0.151. The van der Waals surface area contributed by atoms with Crippen molar-refractivity contribution in [1.29, 1.82) is 0 Å². The third-order valence-corrected chi connectivity index (χ3v) is 5.05. The Morgan fingerprint density at radius 3 is 2.52 bits per heavy atom. The molecule has 4 amide bonds. The van der Waals surface area contributed by atoms with Gasteiger partial charge in [-0.05, 0) is 44.9 Å². The van der Waals surface area contributed by atoms with E-state index in [-0.39, 0.29) is 11.8 Å². The van der Waals surface area contributed by atoms with Crippen LogP contribution in [0.5, 0.6) is 0 Å². The van der Waals surface area contributed by atoms with E-state index in [4.69, 9.17) is 0 Å². The van der Waals surface area contributed by atoms with Gasteiger partial charge in [-0.15, -0.1) is 0 Å². The number of amides is 4. The van der Waals surface area contributed by atoms with Crippen LogP contribution < -0.4 is 5.32 Å².